The lowest BCUT2D eigenvalue weighted by Crippen LogP contribution is -2.69. The summed E-state index contributed by atoms with van der Waals surface area (Å²) >= 11 is 0. The molecule has 2 amide bonds. The highest BCUT2D eigenvalue weighted by molar-refractivity contribution is 5.97. The second-order valence-electron chi connectivity index (χ2n) is 7.58. The zero-order valence-corrected chi connectivity index (χ0v) is 15.9. The molecule has 0 bridgehead atoms. The van der Waals surface area contributed by atoms with Crippen LogP contribution in [-0.4, -0.2) is 52.2 Å². The Bertz CT molecular complexity index is 760. The number of carbonyl (C=O) groups is 2. The van der Waals surface area contributed by atoms with Crippen molar-refractivity contribution in [3.05, 3.63) is 29.8 Å². The summed E-state index contributed by atoms with van der Waals surface area (Å²) in [7, 11) is 0. The van der Waals surface area contributed by atoms with Crippen molar-refractivity contribution in [1.82, 2.24) is 15.2 Å². The number of fused-ring (bicyclic) bond motifs is 3. The van der Waals surface area contributed by atoms with E-state index < -0.39 is 6.17 Å². The van der Waals surface area contributed by atoms with E-state index in [2.05, 4.69) is 27.7 Å². The molecule has 2 N–H and O–H groups in total. The number of benzene rings is 1. The average Bonchev–Trinajstić information content (AvgIpc) is 3.08. The van der Waals surface area contributed by atoms with Crippen molar-refractivity contribution in [2.24, 2.45) is 5.10 Å². The maximum atomic E-state index is 13.0. The number of hydrazone groups is 1. The number of piperazine rings is 1. The normalized spacial score (nSPS) is 26.8. The lowest BCUT2D eigenvalue weighted by atomic mass is 9.85. The van der Waals surface area contributed by atoms with Gasteiger partial charge >= 0.3 is 0 Å². The number of amidine groups is 1. The molecule has 2 fully saturated rings. The lowest BCUT2D eigenvalue weighted by molar-refractivity contribution is -0.151. The van der Waals surface area contributed by atoms with Gasteiger partial charge in [-0.25, -0.2) is 0 Å². The van der Waals surface area contributed by atoms with Crippen LogP contribution >= 0.6 is 0 Å². The highest BCUT2D eigenvalue weighted by Crippen LogP contribution is 2.34. The Balaban J connectivity index is 1.48. The van der Waals surface area contributed by atoms with E-state index in [9.17, 15) is 9.59 Å². The molecule has 0 radical (unpaired) electrons. The summed E-state index contributed by atoms with van der Waals surface area (Å²) in [5, 5.41) is 7.19. The molecule has 0 spiro atoms. The number of hydrogen-bond donors (Lipinski definition) is 2. The minimum atomic E-state index is -0.471. The molecule has 4 rings (SSSR count). The first-order valence-electron chi connectivity index (χ1n) is 9.86. The lowest BCUT2D eigenvalue weighted by Gasteiger charge is -2.50. The van der Waals surface area contributed by atoms with Crippen molar-refractivity contribution >= 4 is 23.3 Å². The molecule has 1 aromatic carbocycles. The SMILES string of the molecule is CCc1ccc(NC(=O)CN2C(=O)C3NN=C(C)N3C3CCCCC32)cc1. The van der Waals surface area contributed by atoms with Gasteiger partial charge in [0.05, 0.1) is 12.1 Å². The first kappa shape index (κ1) is 17.8. The third-order valence-electron chi connectivity index (χ3n) is 5.93. The predicted molar refractivity (Wildman–Crippen MR) is 104 cm³/mol. The van der Waals surface area contributed by atoms with E-state index in [0.717, 1.165) is 43.6 Å². The molecule has 27 heavy (non-hydrogen) atoms. The molecular formula is C20H27N5O2. The Morgan fingerprint density at radius 2 is 1.93 bits per heavy atom. The second-order valence-corrected chi connectivity index (χ2v) is 7.58. The Morgan fingerprint density at radius 1 is 1.22 bits per heavy atom. The Kier molecular flexibility index (Phi) is 4.76. The monoisotopic (exact) mass is 369 g/mol. The van der Waals surface area contributed by atoms with Gasteiger partial charge in [0.25, 0.3) is 5.91 Å². The molecule has 7 nitrogen and oxygen atoms in total. The Hall–Kier alpha value is -2.57. The third kappa shape index (κ3) is 3.26. The number of aryl methyl sites for hydroxylation is 1. The summed E-state index contributed by atoms with van der Waals surface area (Å²) in [4.78, 5) is 29.6. The maximum Gasteiger partial charge on any atom is 0.268 e. The van der Waals surface area contributed by atoms with E-state index in [0.29, 0.717) is 0 Å². The summed E-state index contributed by atoms with van der Waals surface area (Å²) in [5.74, 6) is 0.654. The molecule has 2 aliphatic heterocycles. The second kappa shape index (κ2) is 7.21. The van der Waals surface area contributed by atoms with Crippen molar-refractivity contribution in [3.63, 3.8) is 0 Å². The highest BCUT2D eigenvalue weighted by Gasteiger charge is 2.50. The van der Waals surface area contributed by atoms with Gasteiger partial charge in [-0.05, 0) is 43.9 Å². The van der Waals surface area contributed by atoms with Crippen molar-refractivity contribution < 1.29 is 9.59 Å². The smallest absolute Gasteiger partial charge is 0.268 e. The number of nitrogens with one attached hydrogen (secondary N) is 2. The van der Waals surface area contributed by atoms with Crippen molar-refractivity contribution in [3.8, 4) is 0 Å². The van der Waals surface area contributed by atoms with Crippen molar-refractivity contribution in [2.45, 2.75) is 64.2 Å². The molecule has 3 aliphatic rings. The van der Waals surface area contributed by atoms with Crippen LogP contribution in [0, 0.1) is 0 Å². The molecule has 7 heteroatoms. The zero-order valence-electron chi connectivity index (χ0n) is 15.9. The molecule has 144 valence electrons. The third-order valence-corrected chi connectivity index (χ3v) is 5.93. The van der Waals surface area contributed by atoms with Gasteiger partial charge in [-0.1, -0.05) is 31.9 Å². The first-order chi connectivity index (χ1) is 13.1. The molecule has 1 saturated heterocycles. The molecule has 1 saturated carbocycles. The Labute approximate surface area is 159 Å². The molecule has 3 unspecified atom stereocenters. The summed E-state index contributed by atoms with van der Waals surface area (Å²) in [6.45, 7) is 4.12. The number of carbonyl (C=O) groups excluding carboxylic acids is 2. The van der Waals surface area contributed by atoms with Crippen LogP contribution in [-0.2, 0) is 16.0 Å². The molecule has 1 aromatic rings. The summed E-state index contributed by atoms with van der Waals surface area (Å²) in [5.41, 5.74) is 4.94. The van der Waals surface area contributed by atoms with Gasteiger partial charge in [0.15, 0.2) is 6.17 Å². The maximum absolute atomic E-state index is 13.0. The van der Waals surface area contributed by atoms with E-state index >= 15 is 0 Å². The number of amides is 2. The van der Waals surface area contributed by atoms with Crippen molar-refractivity contribution in [2.75, 3.05) is 11.9 Å². The van der Waals surface area contributed by atoms with Crippen molar-refractivity contribution in [1.29, 1.82) is 0 Å². The summed E-state index contributed by atoms with van der Waals surface area (Å²) in [6, 6.07) is 8.15. The van der Waals surface area contributed by atoms with Crippen LogP contribution < -0.4 is 10.7 Å². The number of nitrogens with zero attached hydrogens (tertiary/aromatic N) is 3. The number of anilines is 1. The number of rotatable bonds is 4. The minimum absolute atomic E-state index is 0.0600. The molecule has 2 heterocycles. The standard InChI is InChI=1S/C20H27N5O2/c1-3-14-8-10-15(11-9-14)21-18(26)12-24-16-6-4-5-7-17(16)25-13(2)22-23-19(25)20(24)27/h8-11,16-17,19,23H,3-7,12H2,1-2H3,(H,21,26). The van der Waals surface area contributed by atoms with Gasteiger partial charge in [-0.2, -0.15) is 5.10 Å². The summed E-state index contributed by atoms with van der Waals surface area (Å²) in [6.07, 6.45) is 4.70. The average molecular weight is 369 g/mol. The summed E-state index contributed by atoms with van der Waals surface area (Å²) < 4.78 is 0. The van der Waals surface area contributed by atoms with Crippen LogP contribution in [0.25, 0.3) is 0 Å². The minimum Gasteiger partial charge on any atom is -0.325 e. The molecule has 1 aliphatic carbocycles. The zero-order chi connectivity index (χ0) is 19.0. The fraction of sp³-hybridized carbons (Fsp3) is 0.550. The van der Waals surface area contributed by atoms with E-state index in [4.69, 9.17) is 0 Å². The predicted octanol–water partition coefficient (Wildman–Crippen LogP) is 1.91. The van der Waals surface area contributed by atoms with Gasteiger partial charge in [0.2, 0.25) is 5.91 Å². The van der Waals surface area contributed by atoms with Crippen LogP contribution in [0.4, 0.5) is 5.69 Å². The van der Waals surface area contributed by atoms with Crippen LogP contribution in [0.1, 0.15) is 45.1 Å². The van der Waals surface area contributed by atoms with Gasteiger partial charge in [-0.3, -0.25) is 15.0 Å². The van der Waals surface area contributed by atoms with Gasteiger partial charge < -0.3 is 15.1 Å². The van der Waals surface area contributed by atoms with E-state index in [1.54, 1.807) is 4.90 Å². The fourth-order valence-electron chi connectivity index (χ4n) is 4.54. The Morgan fingerprint density at radius 3 is 2.63 bits per heavy atom. The van der Waals surface area contributed by atoms with Gasteiger partial charge in [0.1, 0.15) is 12.4 Å². The van der Waals surface area contributed by atoms with E-state index in [1.807, 2.05) is 31.2 Å². The molecule has 0 aromatic heterocycles. The van der Waals surface area contributed by atoms with Gasteiger partial charge in [0, 0.05) is 5.69 Å². The van der Waals surface area contributed by atoms with Crippen LogP contribution in [0.5, 0.6) is 0 Å². The largest absolute Gasteiger partial charge is 0.325 e. The highest BCUT2D eigenvalue weighted by atomic mass is 16.2. The van der Waals surface area contributed by atoms with E-state index in [1.165, 1.54) is 5.56 Å². The topological polar surface area (TPSA) is 77.0 Å². The van der Waals surface area contributed by atoms with Gasteiger partial charge in [-0.15, -0.1) is 0 Å². The van der Waals surface area contributed by atoms with E-state index in [-0.39, 0.29) is 30.4 Å². The number of hydrogen-bond acceptors (Lipinski definition) is 5. The quantitative estimate of drug-likeness (QED) is 0.850. The van der Waals surface area contributed by atoms with Crippen LogP contribution in [0.2, 0.25) is 0 Å². The fourth-order valence-corrected chi connectivity index (χ4v) is 4.54. The first-order valence-corrected chi connectivity index (χ1v) is 9.86. The molecule has 3 atom stereocenters. The van der Waals surface area contributed by atoms with Crippen LogP contribution in [0.3, 0.4) is 0 Å². The van der Waals surface area contributed by atoms with Crippen LogP contribution in [0.15, 0.2) is 29.4 Å². The molecular weight excluding hydrogens is 342 g/mol.